The molecule has 0 aliphatic carbocycles. The van der Waals surface area contributed by atoms with E-state index >= 15 is 0 Å². The summed E-state index contributed by atoms with van der Waals surface area (Å²) in [5.74, 6) is -1.22. The van der Waals surface area contributed by atoms with Crippen LogP contribution in [0, 0.1) is 5.92 Å². The maximum atomic E-state index is 12.6. The molecule has 0 aromatic heterocycles. The standard InChI is InChI=1S/C24H22ClN3O4S/c25-19-9-5-4-8-17(19)14-27-15-18(13-21(27)29)22(30)26-10-11-28-23(31)20(33-24(28)32)12-16-6-2-1-3-7-16/h1-9,12,18H,10-11,13-15H2,(H,26,30). The lowest BCUT2D eigenvalue weighted by atomic mass is 10.1. The van der Waals surface area contributed by atoms with Gasteiger partial charge in [-0.2, -0.15) is 0 Å². The quantitative estimate of drug-likeness (QED) is 0.609. The van der Waals surface area contributed by atoms with Crippen LogP contribution in [0.15, 0.2) is 59.5 Å². The topological polar surface area (TPSA) is 86.8 Å². The van der Waals surface area contributed by atoms with Gasteiger partial charge in [0.25, 0.3) is 11.1 Å². The summed E-state index contributed by atoms with van der Waals surface area (Å²) in [4.78, 5) is 52.9. The van der Waals surface area contributed by atoms with Crippen molar-refractivity contribution in [3.8, 4) is 0 Å². The minimum absolute atomic E-state index is 0.0759. The van der Waals surface area contributed by atoms with Crippen LogP contribution in [-0.4, -0.2) is 52.4 Å². The summed E-state index contributed by atoms with van der Waals surface area (Å²) in [7, 11) is 0. The number of nitrogens with one attached hydrogen (secondary N) is 1. The molecule has 4 amide bonds. The van der Waals surface area contributed by atoms with Gasteiger partial charge in [0.15, 0.2) is 0 Å². The Bertz CT molecular complexity index is 1120. The van der Waals surface area contributed by atoms with Crippen molar-refractivity contribution in [1.82, 2.24) is 15.1 Å². The SMILES string of the molecule is O=C(NCCN1C(=O)SC(=Cc2ccccc2)C1=O)C1CC(=O)N(Cc2ccccc2Cl)C1. The highest BCUT2D eigenvalue weighted by molar-refractivity contribution is 8.18. The lowest BCUT2D eigenvalue weighted by Gasteiger charge is -2.18. The van der Waals surface area contributed by atoms with Crippen LogP contribution >= 0.6 is 23.4 Å². The monoisotopic (exact) mass is 483 g/mol. The average molecular weight is 484 g/mol. The zero-order valence-electron chi connectivity index (χ0n) is 17.7. The molecule has 2 heterocycles. The Morgan fingerprint density at radius 3 is 2.58 bits per heavy atom. The van der Waals surface area contributed by atoms with Gasteiger partial charge < -0.3 is 10.2 Å². The van der Waals surface area contributed by atoms with E-state index in [4.69, 9.17) is 11.6 Å². The first-order chi connectivity index (χ1) is 15.9. The van der Waals surface area contributed by atoms with E-state index in [0.29, 0.717) is 23.0 Å². The fourth-order valence-electron chi connectivity index (χ4n) is 3.76. The number of halogens is 1. The highest BCUT2D eigenvalue weighted by Crippen LogP contribution is 2.32. The minimum atomic E-state index is -0.479. The Balaban J connectivity index is 1.27. The molecule has 2 fully saturated rings. The first-order valence-corrected chi connectivity index (χ1v) is 11.7. The van der Waals surface area contributed by atoms with E-state index in [1.807, 2.05) is 48.5 Å². The van der Waals surface area contributed by atoms with Crippen LogP contribution < -0.4 is 5.32 Å². The zero-order valence-corrected chi connectivity index (χ0v) is 19.3. The molecule has 1 atom stereocenters. The van der Waals surface area contributed by atoms with Crippen molar-refractivity contribution in [3.63, 3.8) is 0 Å². The Kier molecular flexibility index (Phi) is 7.15. The summed E-state index contributed by atoms with van der Waals surface area (Å²) in [6.07, 6.45) is 1.80. The molecule has 0 spiro atoms. The number of benzene rings is 2. The highest BCUT2D eigenvalue weighted by Gasteiger charge is 2.36. The molecule has 9 heteroatoms. The smallest absolute Gasteiger partial charge is 0.293 e. The van der Waals surface area contributed by atoms with Gasteiger partial charge in [0.2, 0.25) is 11.8 Å². The first kappa shape index (κ1) is 23.1. The molecule has 0 bridgehead atoms. The van der Waals surface area contributed by atoms with Gasteiger partial charge >= 0.3 is 0 Å². The van der Waals surface area contributed by atoms with E-state index < -0.39 is 5.92 Å². The van der Waals surface area contributed by atoms with Gasteiger partial charge in [0.1, 0.15) is 0 Å². The van der Waals surface area contributed by atoms with Crippen LogP contribution in [0.25, 0.3) is 6.08 Å². The number of amides is 4. The Hall–Kier alpha value is -3.10. The van der Waals surface area contributed by atoms with Crippen molar-refractivity contribution >= 4 is 52.4 Å². The molecule has 0 saturated carbocycles. The van der Waals surface area contributed by atoms with Crippen molar-refractivity contribution in [1.29, 1.82) is 0 Å². The van der Waals surface area contributed by atoms with E-state index in [-0.39, 0.29) is 42.5 Å². The van der Waals surface area contributed by atoms with Crippen molar-refractivity contribution < 1.29 is 19.2 Å². The van der Waals surface area contributed by atoms with Gasteiger partial charge in [-0.25, -0.2) is 0 Å². The number of thioether (sulfide) groups is 1. The molecule has 1 N–H and O–H groups in total. The molecule has 33 heavy (non-hydrogen) atoms. The summed E-state index contributed by atoms with van der Waals surface area (Å²) in [5, 5.41) is 2.97. The largest absolute Gasteiger partial charge is 0.354 e. The fraction of sp³-hybridized carbons (Fsp3) is 0.250. The summed E-state index contributed by atoms with van der Waals surface area (Å²) < 4.78 is 0. The average Bonchev–Trinajstić information content (AvgIpc) is 3.30. The molecule has 2 aromatic carbocycles. The summed E-state index contributed by atoms with van der Waals surface area (Å²) >= 11 is 7.06. The van der Waals surface area contributed by atoms with Gasteiger partial charge in [0, 0.05) is 37.6 Å². The van der Waals surface area contributed by atoms with Crippen LogP contribution in [0.3, 0.4) is 0 Å². The number of carbonyl (C=O) groups is 4. The number of imide groups is 1. The van der Waals surface area contributed by atoms with Crippen molar-refractivity contribution in [2.45, 2.75) is 13.0 Å². The van der Waals surface area contributed by atoms with Crippen molar-refractivity contribution in [3.05, 3.63) is 75.7 Å². The van der Waals surface area contributed by atoms with Gasteiger partial charge in [-0.3, -0.25) is 24.1 Å². The molecule has 4 rings (SSSR count). The lowest BCUT2D eigenvalue weighted by Crippen LogP contribution is -2.40. The second-order valence-corrected chi connectivity index (χ2v) is 9.20. The molecule has 7 nitrogen and oxygen atoms in total. The lowest BCUT2D eigenvalue weighted by molar-refractivity contribution is -0.129. The van der Waals surface area contributed by atoms with Gasteiger partial charge in [0.05, 0.1) is 10.8 Å². The van der Waals surface area contributed by atoms with Gasteiger partial charge in [-0.05, 0) is 35.0 Å². The summed E-state index contributed by atoms with van der Waals surface area (Å²) in [6.45, 7) is 0.862. The molecule has 2 aromatic rings. The Morgan fingerprint density at radius 2 is 1.82 bits per heavy atom. The maximum Gasteiger partial charge on any atom is 0.293 e. The van der Waals surface area contributed by atoms with Gasteiger partial charge in [-0.15, -0.1) is 0 Å². The van der Waals surface area contributed by atoms with E-state index in [1.54, 1.807) is 17.0 Å². The van der Waals surface area contributed by atoms with Crippen LogP contribution in [0.4, 0.5) is 4.79 Å². The number of rotatable bonds is 7. The van der Waals surface area contributed by atoms with Crippen LogP contribution in [0.1, 0.15) is 17.5 Å². The highest BCUT2D eigenvalue weighted by atomic mass is 35.5. The molecule has 2 saturated heterocycles. The molecular formula is C24H22ClN3O4S. The Morgan fingerprint density at radius 1 is 1.09 bits per heavy atom. The number of likely N-dealkylation sites (tertiary alicyclic amines) is 1. The zero-order chi connectivity index (χ0) is 23.4. The first-order valence-electron chi connectivity index (χ1n) is 10.5. The van der Waals surface area contributed by atoms with E-state index in [0.717, 1.165) is 27.8 Å². The third-order valence-corrected chi connectivity index (χ3v) is 6.79. The molecular weight excluding hydrogens is 462 g/mol. The van der Waals surface area contributed by atoms with Crippen LogP contribution in [-0.2, 0) is 20.9 Å². The van der Waals surface area contributed by atoms with Crippen molar-refractivity contribution in [2.24, 2.45) is 5.92 Å². The third kappa shape index (κ3) is 5.46. The number of hydrogen-bond acceptors (Lipinski definition) is 5. The van der Waals surface area contributed by atoms with E-state index in [1.165, 1.54) is 0 Å². The molecule has 2 aliphatic heterocycles. The normalized spacial score (nSPS) is 19.6. The molecule has 170 valence electrons. The molecule has 1 unspecified atom stereocenters. The summed E-state index contributed by atoms with van der Waals surface area (Å²) in [6, 6.07) is 16.6. The molecule has 2 aliphatic rings. The molecule has 0 radical (unpaired) electrons. The predicted molar refractivity (Wildman–Crippen MR) is 127 cm³/mol. The van der Waals surface area contributed by atoms with Gasteiger partial charge in [-0.1, -0.05) is 60.1 Å². The number of hydrogen-bond donors (Lipinski definition) is 1. The summed E-state index contributed by atoms with van der Waals surface area (Å²) in [5.41, 5.74) is 1.67. The van der Waals surface area contributed by atoms with Crippen LogP contribution in [0.2, 0.25) is 5.02 Å². The number of nitrogens with zero attached hydrogens (tertiary/aromatic N) is 2. The minimum Gasteiger partial charge on any atom is -0.354 e. The van der Waals surface area contributed by atoms with E-state index in [9.17, 15) is 19.2 Å². The maximum absolute atomic E-state index is 12.6. The Labute approximate surface area is 200 Å². The second kappa shape index (κ2) is 10.2. The predicted octanol–water partition coefficient (Wildman–Crippen LogP) is 3.54. The van der Waals surface area contributed by atoms with Crippen LogP contribution in [0.5, 0.6) is 0 Å². The fourth-order valence-corrected chi connectivity index (χ4v) is 4.82. The van der Waals surface area contributed by atoms with E-state index in [2.05, 4.69) is 5.32 Å². The second-order valence-electron chi connectivity index (χ2n) is 7.80. The number of carbonyl (C=O) groups excluding carboxylic acids is 4. The third-order valence-electron chi connectivity index (χ3n) is 5.51. The van der Waals surface area contributed by atoms with Crippen molar-refractivity contribution in [2.75, 3.05) is 19.6 Å².